The number of halogens is 1. The molecule has 5 nitrogen and oxygen atoms in total. The number of likely N-dealkylation sites (tertiary alicyclic amines) is 1. The van der Waals surface area contributed by atoms with Crippen LogP contribution in [0.1, 0.15) is 23.2 Å². The average Bonchev–Trinajstić information content (AvgIpc) is 2.75. The van der Waals surface area contributed by atoms with Gasteiger partial charge in [0.05, 0.1) is 10.6 Å². The number of pyridine rings is 1. The monoisotopic (exact) mass is 268 g/mol. The second kappa shape index (κ2) is 5.54. The normalized spacial score (nSPS) is 20.0. The predicted octanol–water partition coefficient (Wildman–Crippen LogP) is 1.14. The van der Waals surface area contributed by atoms with Crippen molar-refractivity contribution < 1.29 is 4.79 Å². The van der Waals surface area contributed by atoms with Gasteiger partial charge >= 0.3 is 0 Å². The number of carbonyl (C=O) groups is 1. The third-order valence-electron chi connectivity index (χ3n) is 3.30. The Balaban J connectivity index is 1.93. The van der Waals surface area contributed by atoms with Crippen LogP contribution in [-0.4, -0.2) is 42.0 Å². The summed E-state index contributed by atoms with van der Waals surface area (Å²) in [6, 6.07) is 1.96. The smallest absolute Gasteiger partial charge is 0.252 e. The number of aromatic nitrogens is 1. The fourth-order valence-corrected chi connectivity index (χ4v) is 2.29. The summed E-state index contributed by atoms with van der Waals surface area (Å²) in [7, 11) is 2.07. The largest absolute Gasteiger partial charge is 0.382 e. The van der Waals surface area contributed by atoms with E-state index >= 15 is 0 Å². The number of likely N-dealkylation sites (N-methyl/N-ethyl adjacent to an activating group) is 1. The topological polar surface area (TPSA) is 71.2 Å². The number of amides is 1. The Bertz CT molecular complexity index is 452. The molecule has 0 spiro atoms. The van der Waals surface area contributed by atoms with E-state index in [4.69, 9.17) is 17.3 Å². The van der Waals surface area contributed by atoms with Gasteiger partial charge in [0.25, 0.3) is 5.91 Å². The molecular formula is C12H17ClN4O. The molecule has 1 aliphatic heterocycles. The van der Waals surface area contributed by atoms with Crippen molar-refractivity contribution in [1.82, 2.24) is 15.2 Å². The highest BCUT2D eigenvalue weighted by atomic mass is 35.5. The summed E-state index contributed by atoms with van der Waals surface area (Å²) < 4.78 is 0. The molecule has 1 atom stereocenters. The summed E-state index contributed by atoms with van der Waals surface area (Å²) in [5, 5.41) is 3.20. The molecule has 0 aliphatic carbocycles. The van der Waals surface area contributed by atoms with Crippen LogP contribution in [-0.2, 0) is 0 Å². The van der Waals surface area contributed by atoms with E-state index in [1.807, 2.05) is 0 Å². The Morgan fingerprint density at radius 1 is 1.72 bits per heavy atom. The van der Waals surface area contributed by atoms with E-state index in [0.717, 1.165) is 13.0 Å². The van der Waals surface area contributed by atoms with Crippen molar-refractivity contribution in [3.8, 4) is 0 Å². The lowest BCUT2D eigenvalue weighted by Gasteiger charge is -2.19. The number of nitrogens with zero attached hydrogens (tertiary/aromatic N) is 2. The molecule has 18 heavy (non-hydrogen) atoms. The number of hydrogen-bond acceptors (Lipinski definition) is 4. The maximum atomic E-state index is 11.9. The Labute approximate surface area is 111 Å². The van der Waals surface area contributed by atoms with Crippen LogP contribution < -0.4 is 11.1 Å². The van der Waals surface area contributed by atoms with Gasteiger partial charge in [0.2, 0.25) is 0 Å². The van der Waals surface area contributed by atoms with E-state index in [1.165, 1.54) is 18.7 Å². The second-order valence-corrected chi connectivity index (χ2v) is 4.98. The summed E-state index contributed by atoms with van der Waals surface area (Å²) in [5.74, 6) is 0.0773. The van der Waals surface area contributed by atoms with Gasteiger partial charge in [0.1, 0.15) is 5.82 Å². The maximum Gasteiger partial charge on any atom is 0.252 e. The van der Waals surface area contributed by atoms with Gasteiger partial charge in [0.15, 0.2) is 0 Å². The molecule has 2 heterocycles. The Kier molecular flexibility index (Phi) is 4.04. The molecule has 1 fully saturated rings. The number of hydrogen-bond donors (Lipinski definition) is 2. The van der Waals surface area contributed by atoms with Crippen molar-refractivity contribution in [3.05, 3.63) is 22.8 Å². The van der Waals surface area contributed by atoms with Crippen molar-refractivity contribution in [3.63, 3.8) is 0 Å². The van der Waals surface area contributed by atoms with Crippen LogP contribution in [0.3, 0.4) is 0 Å². The van der Waals surface area contributed by atoms with Crippen LogP contribution in [0.2, 0.25) is 5.02 Å². The van der Waals surface area contributed by atoms with Gasteiger partial charge in [-0.3, -0.25) is 4.79 Å². The Hall–Kier alpha value is -1.33. The maximum absolute atomic E-state index is 11.9. The van der Waals surface area contributed by atoms with Crippen LogP contribution >= 0.6 is 11.6 Å². The van der Waals surface area contributed by atoms with Crippen LogP contribution in [0.15, 0.2) is 12.3 Å². The van der Waals surface area contributed by atoms with E-state index in [-0.39, 0.29) is 11.7 Å². The number of nitrogen functional groups attached to an aromatic ring is 1. The number of nitrogens with one attached hydrogen (secondary N) is 1. The predicted molar refractivity (Wildman–Crippen MR) is 71.6 cm³/mol. The molecule has 1 amide bonds. The summed E-state index contributed by atoms with van der Waals surface area (Å²) in [4.78, 5) is 18.0. The molecule has 1 aromatic heterocycles. The first-order valence-corrected chi connectivity index (χ1v) is 6.35. The van der Waals surface area contributed by atoms with Gasteiger partial charge in [0, 0.05) is 18.8 Å². The molecule has 1 aliphatic rings. The molecule has 2 rings (SSSR count). The van der Waals surface area contributed by atoms with E-state index in [0.29, 0.717) is 23.2 Å². The van der Waals surface area contributed by atoms with Gasteiger partial charge in [-0.2, -0.15) is 0 Å². The first kappa shape index (κ1) is 13.1. The minimum Gasteiger partial charge on any atom is -0.382 e. The third-order valence-corrected chi connectivity index (χ3v) is 3.60. The number of rotatable bonds is 3. The van der Waals surface area contributed by atoms with Gasteiger partial charge in [-0.05, 0) is 32.5 Å². The van der Waals surface area contributed by atoms with Crippen LogP contribution in [0.4, 0.5) is 5.82 Å². The highest BCUT2D eigenvalue weighted by Crippen LogP contribution is 2.17. The molecule has 1 saturated heterocycles. The van der Waals surface area contributed by atoms with Crippen LogP contribution in [0.25, 0.3) is 0 Å². The lowest BCUT2D eigenvalue weighted by molar-refractivity contribution is 0.0943. The molecule has 0 bridgehead atoms. The summed E-state index contributed by atoms with van der Waals surface area (Å²) in [6.45, 7) is 1.74. The van der Waals surface area contributed by atoms with E-state index in [2.05, 4.69) is 22.2 Å². The summed E-state index contributed by atoms with van der Waals surface area (Å²) in [6.07, 6.45) is 3.75. The molecule has 98 valence electrons. The highest BCUT2D eigenvalue weighted by Gasteiger charge is 2.21. The van der Waals surface area contributed by atoms with Crippen LogP contribution in [0, 0.1) is 0 Å². The molecule has 0 aromatic carbocycles. The zero-order valence-corrected chi connectivity index (χ0v) is 11.1. The van der Waals surface area contributed by atoms with Crippen LogP contribution in [0.5, 0.6) is 0 Å². The SMILES string of the molecule is CN1CCCC1CNC(=O)c1cnc(N)c(Cl)c1. The molecule has 3 N–H and O–H groups in total. The van der Waals surface area contributed by atoms with Gasteiger partial charge in [-0.25, -0.2) is 4.98 Å². The fourth-order valence-electron chi connectivity index (χ4n) is 2.12. The average molecular weight is 269 g/mol. The van der Waals surface area contributed by atoms with Crippen molar-refractivity contribution >= 4 is 23.3 Å². The zero-order valence-electron chi connectivity index (χ0n) is 10.3. The second-order valence-electron chi connectivity index (χ2n) is 4.58. The van der Waals surface area contributed by atoms with E-state index < -0.39 is 0 Å². The third kappa shape index (κ3) is 2.91. The van der Waals surface area contributed by atoms with Crippen molar-refractivity contribution in [2.24, 2.45) is 0 Å². The minimum absolute atomic E-state index is 0.162. The molecule has 1 aromatic rings. The van der Waals surface area contributed by atoms with Crippen molar-refractivity contribution in [2.45, 2.75) is 18.9 Å². The van der Waals surface area contributed by atoms with Gasteiger partial charge in [-0.15, -0.1) is 0 Å². The Morgan fingerprint density at radius 3 is 3.11 bits per heavy atom. The van der Waals surface area contributed by atoms with Gasteiger partial charge in [-0.1, -0.05) is 11.6 Å². The fraction of sp³-hybridized carbons (Fsp3) is 0.500. The molecular weight excluding hydrogens is 252 g/mol. The van der Waals surface area contributed by atoms with Crippen molar-refractivity contribution in [2.75, 3.05) is 25.9 Å². The lowest BCUT2D eigenvalue weighted by atomic mass is 10.2. The molecule has 0 saturated carbocycles. The molecule has 1 unspecified atom stereocenters. The molecule has 6 heteroatoms. The van der Waals surface area contributed by atoms with Crippen molar-refractivity contribution in [1.29, 1.82) is 0 Å². The zero-order chi connectivity index (χ0) is 13.1. The summed E-state index contributed by atoms with van der Waals surface area (Å²) in [5.41, 5.74) is 5.94. The number of nitrogens with two attached hydrogens (primary N) is 1. The first-order valence-electron chi connectivity index (χ1n) is 5.97. The quantitative estimate of drug-likeness (QED) is 0.862. The molecule has 0 radical (unpaired) electrons. The standard InChI is InChI=1S/C12H17ClN4O/c1-17-4-2-3-9(17)7-16-12(18)8-5-10(13)11(14)15-6-8/h5-6,9H,2-4,7H2,1H3,(H2,14,15)(H,16,18). The number of anilines is 1. The number of carbonyl (C=O) groups excluding carboxylic acids is 1. The first-order chi connectivity index (χ1) is 8.58. The van der Waals surface area contributed by atoms with Gasteiger partial charge < -0.3 is 16.0 Å². The highest BCUT2D eigenvalue weighted by molar-refractivity contribution is 6.33. The van der Waals surface area contributed by atoms with E-state index in [9.17, 15) is 4.79 Å². The van der Waals surface area contributed by atoms with E-state index in [1.54, 1.807) is 0 Å². The Morgan fingerprint density at radius 2 is 2.50 bits per heavy atom. The summed E-state index contributed by atoms with van der Waals surface area (Å²) >= 11 is 5.83. The lowest BCUT2D eigenvalue weighted by Crippen LogP contribution is -2.38. The minimum atomic E-state index is -0.162.